The largest absolute Gasteiger partial charge is 0.429 e. The molecule has 1 atom stereocenters. The fraction of sp³-hybridized carbons (Fsp3) is 0.800. The van der Waals surface area contributed by atoms with Crippen LogP contribution in [0, 0.1) is 0 Å². The Hall–Kier alpha value is -0.490. The molecule has 0 aliphatic rings. The van der Waals surface area contributed by atoms with Crippen molar-refractivity contribution in [3.8, 4) is 0 Å². The van der Waals surface area contributed by atoms with Crippen molar-refractivity contribution in [3.63, 3.8) is 0 Å². The van der Waals surface area contributed by atoms with Crippen molar-refractivity contribution < 1.29 is 17.9 Å². The lowest BCUT2D eigenvalue weighted by molar-refractivity contribution is 0.145. The maximum absolute atomic E-state index is 10.7. The summed E-state index contributed by atoms with van der Waals surface area (Å²) in [7, 11) is -3.55. The standard InChI is InChI=1S/C5H10ClNO4S/c1-3-12(9,10)7-5(8)11-4(2)6/h4H,3H2,1-2H3,(H,7,8). The molecule has 72 valence electrons. The van der Waals surface area contributed by atoms with Gasteiger partial charge in [0.2, 0.25) is 10.0 Å². The predicted molar refractivity (Wildman–Crippen MR) is 44.4 cm³/mol. The lowest BCUT2D eigenvalue weighted by atomic mass is 10.8. The second kappa shape index (κ2) is 4.51. The Bertz CT molecular complexity index is 248. The van der Waals surface area contributed by atoms with Crippen LogP contribution in [0.1, 0.15) is 13.8 Å². The van der Waals surface area contributed by atoms with E-state index in [1.165, 1.54) is 13.8 Å². The van der Waals surface area contributed by atoms with Gasteiger partial charge in [-0.05, 0) is 13.8 Å². The molecule has 0 aliphatic heterocycles. The zero-order valence-corrected chi connectivity index (χ0v) is 8.28. The van der Waals surface area contributed by atoms with Crippen molar-refractivity contribution in [1.29, 1.82) is 0 Å². The molecule has 1 amide bonds. The molecule has 0 fully saturated rings. The van der Waals surface area contributed by atoms with Gasteiger partial charge < -0.3 is 4.74 Å². The highest BCUT2D eigenvalue weighted by atomic mass is 35.5. The minimum absolute atomic E-state index is 0.182. The Morgan fingerprint density at radius 3 is 2.50 bits per heavy atom. The van der Waals surface area contributed by atoms with E-state index >= 15 is 0 Å². The third-order valence-corrected chi connectivity index (χ3v) is 2.22. The van der Waals surface area contributed by atoms with Gasteiger partial charge in [-0.2, -0.15) is 0 Å². The topological polar surface area (TPSA) is 72.5 Å². The lowest BCUT2D eigenvalue weighted by Crippen LogP contribution is -2.33. The molecule has 0 heterocycles. The van der Waals surface area contributed by atoms with E-state index in [4.69, 9.17) is 11.6 Å². The minimum atomic E-state index is -3.55. The van der Waals surface area contributed by atoms with E-state index in [0.29, 0.717) is 0 Å². The van der Waals surface area contributed by atoms with Crippen LogP contribution >= 0.6 is 11.6 Å². The van der Waals surface area contributed by atoms with Crippen LogP contribution in [0.4, 0.5) is 4.79 Å². The number of rotatable bonds is 3. The highest BCUT2D eigenvalue weighted by molar-refractivity contribution is 7.89. The van der Waals surface area contributed by atoms with Crippen LogP contribution in [0.15, 0.2) is 0 Å². The monoisotopic (exact) mass is 215 g/mol. The first-order chi connectivity index (χ1) is 5.37. The number of carbonyl (C=O) groups excluding carboxylic acids is 1. The van der Waals surface area contributed by atoms with Crippen LogP contribution in [0.5, 0.6) is 0 Å². The molecule has 7 heteroatoms. The molecule has 0 radical (unpaired) electrons. The molecule has 0 aromatic carbocycles. The Labute approximate surface area is 76.1 Å². The molecule has 0 aliphatic carbocycles. The molecular formula is C5H10ClNO4S. The summed E-state index contributed by atoms with van der Waals surface area (Å²) in [5.41, 5.74) is -0.850. The van der Waals surface area contributed by atoms with Gasteiger partial charge in [-0.25, -0.2) is 17.9 Å². The third-order valence-electron chi connectivity index (χ3n) is 0.888. The summed E-state index contributed by atoms with van der Waals surface area (Å²) in [6.07, 6.45) is -1.06. The molecule has 1 N–H and O–H groups in total. The van der Waals surface area contributed by atoms with Gasteiger partial charge in [-0.1, -0.05) is 11.6 Å². The van der Waals surface area contributed by atoms with Crippen LogP contribution in [0.2, 0.25) is 0 Å². The van der Waals surface area contributed by atoms with E-state index in [0.717, 1.165) is 0 Å². The number of hydrogen-bond donors (Lipinski definition) is 1. The fourth-order valence-electron chi connectivity index (χ4n) is 0.371. The molecule has 12 heavy (non-hydrogen) atoms. The first-order valence-electron chi connectivity index (χ1n) is 3.22. The Balaban J connectivity index is 4.02. The summed E-state index contributed by atoms with van der Waals surface area (Å²) in [4.78, 5) is 10.6. The summed E-state index contributed by atoms with van der Waals surface area (Å²) in [6.45, 7) is 2.80. The molecule has 0 saturated carbocycles. The van der Waals surface area contributed by atoms with Gasteiger partial charge in [0.05, 0.1) is 5.75 Å². The van der Waals surface area contributed by atoms with Crippen LogP contribution in [0.25, 0.3) is 0 Å². The van der Waals surface area contributed by atoms with Crippen LogP contribution in [0.3, 0.4) is 0 Å². The van der Waals surface area contributed by atoms with Gasteiger partial charge in [0.25, 0.3) is 0 Å². The van der Waals surface area contributed by atoms with Gasteiger partial charge in [0.1, 0.15) is 0 Å². The van der Waals surface area contributed by atoms with Gasteiger partial charge in [-0.3, -0.25) is 0 Å². The van der Waals surface area contributed by atoms with Gasteiger partial charge in [0, 0.05) is 0 Å². The quantitative estimate of drug-likeness (QED) is 0.702. The molecule has 0 aromatic rings. The Kier molecular flexibility index (Phi) is 4.33. The van der Waals surface area contributed by atoms with Crippen molar-refractivity contribution in [2.24, 2.45) is 0 Å². The van der Waals surface area contributed by atoms with E-state index in [-0.39, 0.29) is 5.75 Å². The first-order valence-corrected chi connectivity index (χ1v) is 5.31. The number of alkyl halides is 1. The molecule has 1 unspecified atom stereocenters. The molecule has 0 bridgehead atoms. The Morgan fingerprint density at radius 2 is 2.17 bits per heavy atom. The second-order valence-corrected chi connectivity index (χ2v) is 4.58. The van der Waals surface area contributed by atoms with Gasteiger partial charge in [-0.15, -0.1) is 0 Å². The summed E-state index contributed by atoms with van der Waals surface area (Å²) < 4.78 is 27.5. The smallest absolute Gasteiger partial charge is 0.422 e. The van der Waals surface area contributed by atoms with Crippen LogP contribution in [-0.4, -0.2) is 25.8 Å². The number of sulfonamides is 1. The highest BCUT2D eigenvalue weighted by Crippen LogP contribution is 1.96. The molecule has 0 saturated heterocycles. The second-order valence-electron chi connectivity index (χ2n) is 1.95. The van der Waals surface area contributed by atoms with Crippen molar-refractivity contribution in [3.05, 3.63) is 0 Å². The molecule has 0 spiro atoms. The maximum atomic E-state index is 10.7. The van der Waals surface area contributed by atoms with Crippen LogP contribution < -0.4 is 4.72 Å². The maximum Gasteiger partial charge on any atom is 0.422 e. The zero-order chi connectivity index (χ0) is 9.78. The SMILES string of the molecule is CCS(=O)(=O)NC(=O)OC(C)Cl. The van der Waals surface area contributed by atoms with Crippen molar-refractivity contribution in [2.45, 2.75) is 19.4 Å². The summed E-state index contributed by atoms with van der Waals surface area (Å²) in [6, 6.07) is 0. The lowest BCUT2D eigenvalue weighted by Gasteiger charge is -2.06. The summed E-state index contributed by atoms with van der Waals surface area (Å²) in [5.74, 6) is -0.182. The number of hydrogen-bond acceptors (Lipinski definition) is 4. The number of ether oxygens (including phenoxy) is 1. The highest BCUT2D eigenvalue weighted by Gasteiger charge is 2.13. The van der Waals surface area contributed by atoms with E-state index in [1.54, 1.807) is 4.72 Å². The Morgan fingerprint density at radius 1 is 1.67 bits per heavy atom. The third kappa shape index (κ3) is 5.20. The first kappa shape index (κ1) is 11.5. The zero-order valence-electron chi connectivity index (χ0n) is 6.70. The molecule has 5 nitrogen and oxygen atoms in total. The van der Waals surface area contributed by atoms with E-state index < -0.39 is 21.7 Å². The summed E-state index contributed by atoms with van der Waals surface area (Å²) in [5, 5.41) is 0. The molecular weight excluding hydrogens is 206 g/mol. The normalized spacial score (nSPS) is 13.6. The number of carbonyl (C=O) groups is 1. The fourth-order valence-corrected chi connectivity index (χ4v) is 0.898. The van der Waals surface area contributed by atoms with Crippen molar-refractivity contribution in [2.75, 3.05) is 5.75 Å². The summed E-state index contributed by atoms with van der Waals surface area (Å²) >= 11 is 5.27. The van der Waals surface area contributed by atoms with E-state index in [2.05, 4.69) is 4.74 Å². The van der Waals surface area contributed by atoms with Crippen molar-refractivity contribution >= 4 is 27.7 Å². The number of halogens is 1. The number of nitrogens with one attached hydrogen (secondary N) is 1. The van der Waals surface area contributed by atoms with Gasteiger partial charge >= 0.3 is 6.09 Å². The predicted octanol–water partition coefficient (Wildman–Crippen LogP) is 0.647. The number of amides is 1. The van der Waals surface area contributed by atoms with Gasteiger partial charge in [0.15, 0.2) is 5.56 Å². The van der Waals surface area contributed by atoms with Crippen molar-refractivity contribution in [1.82, 2.24) is 4.72 Å². The van der Waals surface area contributed by atoms with Crippen LogP contribution in [-0.2, 0) is 14.8 Å². The average molecular weight is 216 g/mol. The average Bonchev–Trinajstić information content (AvgIpc) is 1.84. The molecule has 0 aromatic heterocycles. The van der Waals surface area contributed by atoms with E-state index in [9.17, 15) is 13.2 Å². The minimum Gasteiger partial charge on any atom is -0.429 e. The molecule has 0 rings (SSSR count). The van der Waals surface area contributed by atoms with E-state index in [1.807, 2.05) is 0 Å².